The number of rotatable bonds is 7. The lowest BCUT2D eigenvalue weighted by molar-refractivity contribution is -0.126. The van der Waals surface area contributed by atoms with E-state index >= 15 is 0 Å². The summed E-state index contributed by atoms with van der Waals surface area (Å²) in [6, 6.07) is 5.52. The van der Waals surface area contributed by atoms with Crippen LogP contribution in [0.5, 0.6) is 0 Å². The number of hydrogen-bond donors (Lipinski definition) is 2. The lowest BCUT2D eigenvalue weighted by Gasteiger charge is -2.27. The van der Waals surface area contributed by atoms with E-state index in [-0.39, 0.29) is 18.1 Å². The van der Waals surface area contributed by atoms with Crippen molar-refractivity contribution in [3.63, 3.8) is 0 Å². The first-order valence-corrected chi connectivity index (χ1v) is 11.6. The Morgan fingerprint density at radius 3 is 2.81 bits per heavy atom. The van der Waals surface area contributed by atoms with Gasteiger partial charge in [0, 0.05) is 17.8 Å². The van der Waals surface area contributed by atoms with E-state index in [0.717, 1.165) is 6.42 Å². The summed E-state index contributed by atoms with van der Waals surface area (Å²) in [5.41, 5.74) is 5.87. The van der Waals surface area contributed by atoms with Gasteiger partial charge >= 0.3 is 0 Å². The van der Waals surface area contributed by atoms with Crippen molar-refractivity contribution in [1.82, 2.24) is 5.32 Å². The zero-order valence-corrected chi connectivity index (χ0v) is 16.3. The normalized spacial score (nSPS) is 22.3. The van der Waals surface area contributed by atoms with E-state index in [9.17, 15) is 18.2 Å². The molecular formula is C17H24FN3O3S2. The number of nitrogens with one attached hydrogen (secondary N) is 1. The quantitative estimate of drug-likeness (QED) is 0.671. The smallest absolute Gasteiger partial charge is 0.277 e. The molecule has 3 N–H and O–H groups in total. The van der Waals surface area contributed by atoms with Gasteiger partial charge in [-0.1, -0.05) is 18.2 Å². The highest BCUT2D eigenvalue weighted by atomic mass is 32.2. The highest BCUT2D eigenvalue weighted by Gasteiger charge is 2.33. The van der Waals surface area contributed by atoms with Crippen LogP contribution < -0.4 is 11.1 Å². The third kappa shape index (κ3) is 6.07. The number of halogens is 1. The molecule has 3 unspecified atom stereocenters. The van der Waals surface area contributed by atoms with Crippen LogP contribution in [0.4, 0.5) is 4.39 Å². The van der Waals surface area contributed by atoms with Crippen molar-refractivity contribution in [3.8, 4) is 0 Å². The number of nitrogens with zero attached hydrogens (tertiary/aromatic N) is 1. The number of carbonyl (C=O) groups excluding carboxylic acids is 2. The molecule has 1 saturated heterocycles. The van der Waals surface area contributed by atoms with Gasteiger partial charge in [0.1, 0.15) is 11.9 Å². The number of hydrogen-bond acceptors (Lipinski definition) is 5. The minimum Gasteiger partial charge on any atom is -0.342 e. The van der Waals surface area contributed by atoms with Crippen molar-refractivity contribution < 1.29 is 18.2 Å². The summed E-state index contributed by atoms with van der Waals surface area (Å²) in [6.07, 6.45) is 3.06. The van der Waals surface area contributed by atoms with Gasteiger partial charge in [0.05, 0.1) is 15.0 Å². The van der Waals surface area contributed by atoms with Crippen molar-refractivity contribution in [2.24, 2.45) is 10.1 Å². The number of carbonyl (C=O) groups is 2. The maximum absolute atomic E-state index is 13.7. The molecule has 1 aliphatic rings. The van der Waals surface area contributed by atoms with Crippen LogP contribution in [0.25, 0.3) is 0 Å². The number of unbranched alkanes of at least 4 members (excludes halogenated alkanes) is 1. The summed E-state index contributed by atoms with van der Waals surface area (Å²) in [5.74, 6) is -0.623. The number of amides is 2. The molecule has 1 aromatic carbocycles. The van der Waals surface area contributed by atoms with Crippen LogP contribution >= 0.6 is 11.8 Å². The van der Waals surface area contributed by atoms with E-state index in [1.165, 1.54) is 24.1 Å². The number of nitrogens with two attached hydrogens (primary N) is 1. The minimum atomic E-state index is -2.63. The van der Waals surface area contributed by atoms with E-state index < -0.39 is 26.9 Å². The van der Waals surface area contributed by atoms with Crippen molar-refractivity contribution in [2.75, 3.05) is 24.3 Å². The fourth-order valence-corrected chi connectivity index (χ4v) is 5.06. The van der Waals surface area contributed by atoms with E-state index in [2.05, 4.69) is 9.68 Å². The van der Waals surface area contributed by atoms with Gasteiger partial charge in [-0.2, -0.15) is 4.36 Å². The number of thioether (sulfide) groups is 1. The molecule has 2 amide bonds. The average Bonchev–Trinajstić information content (AvgIpc) is 2.58. The maximum Gasteiger partial charge on any atom is 0.277 e. The summed E-state index contributed by atoms with van der Waals surface area (Å²) < 4.78 is 29.9. The Morgan fingerprint density at radius 2 is 2.15 bits per heavy atom. The molecule has 1 fully saturated rings. The lowest BCUT2D eigenvalue weighted by Crippen LogP contribution is -2.51. The largest absolute Gasteiger partial charge is 0.342 e. The van der Waals surface area contributed by atoms with Gasteiger partial charge in [0.15, 0.2) is 0 Å². The Balaban J connectivity index is 1.95. The van der Waals surface area contributed by atoms with E-state index in [4.69, 9.17) is 5.73 Å². The van der Waals surface area contributed by atoms with Crippen LogP contribution in [-0.4, -0.2) is 51.6 Å². The number of benzene rings is 1. The monoisotopic (exact) mass is 401 g/mol. The zero-order chi connectivity index (χ0) is 19.2. The summed E-state index contributed by atoms with van der Waals surface area (Å²) in [7, 11) is -2.63. The molecule has 0 aliphatic carbocycles. The van der Waals surface area contributed by atoms with Gasteiger partial charge in [-0.3, -0.25) is 9.59 Å². The maximum atomic E-state index is 13.7. The zero-order valence-electron chi connectivity index (χ0n) is 14.7. The van der Waals surface area contributed by atoms with Crippen molar-refractivity contribution in [3.05, 3.63) is 35.6 Å². The SMILES string of the molecule is CS(=O)(CCCCN)=NC(=O)C1CSC(Cc2ccccc2F)C(=O)N1. The second-order valence-electron chi connectivity index (χ2n) is 6.27. The highest BCUT2D eigenvalue weighted by Crippen LogP contribution is 2.23. The molecule has 0 saturated carbocycles. The van der Waals surface area contributed by atoms with Gasteiger partial charge in [0.2, 0.25) is 5.91 Å². The van der Waals surface area contributed by atoms with Gasteiger partial charge in [-0.25, -0.2) is 8.60 Å². The molecule has 2 rings (SSSR count). The van der Waals surface area contributed by atoms with Crippen molar-refractivity contribution in [1.29, 1.82) is 0 Å². The van der Waals surface area contributed by atoms with Gasteiger partial charge in [-0.15, -0.1) is 11.8 Å². The predicted octanol–water partition coefficient (Wildman–Crippen LogP) is 1.33. The molecule has 26 heavy (non-hydrogen) atoms. The van der Waals surface area contributed by atoms with Crippen LogP contribution in [0.2, 0.25) is 0 Å². The Kier molecular flexibility index (Phi) is 7.60. The van der Waals surface area contributed by atoms with Gasteiger partial charge in [0.25, 0.3) is 5.91 Å². The molecule has 0 bridgehead atoms. The molecule has 3 atom stereocenters. The standard InChI is InChI=1S/C17H24FN3O3S2/c1-26(24,9-5-4-8-19)21-16(22)14-11-25-15(17(23)20-14)10-12-6-2-3-7-13(12)18/h2-3,6-7,14-15H,4-5,8-11,19H2,1H3,(H,20,23). The molecule has 1 heterocycles. The first-order chi connectivity index (χ1) is 12.3. The van der Waals surface area contributed by atoms with E-state index in [0.29, 0.717) is 30.0 Å². The topological polar surface area (TPSA) is 102 Å². The van der Waals surface area contributed by atoms with Crippen LogP contribution in [0.1, 0.15) is 18.4 Å². The lowest BCUT2D eigenvalue weighted by atomic mass is 10.1. The first-order valence-electron chi connectivity index (χ1n) is 8.41. The van der Waals surface area contributed by atoms with Crippen LogP contribution in [0.15, 0.2) is 28.6 Å². The third-order valence-electron chi connectivity index (χ3n) is 3.99. The minimum absolute atomic E-state index is 0.255. The fourth-order valence-electron chi connectivity index (χ4n) is 2.56. The molecule has 144 valence electrons. The molecule has 9 heteroatoms. The molecule has 0 radical (unpaired) electrons. The summed E-state index contributed by atoms with van der Waals surface area (Å²) in [5, 5.41) is 2.16. The molecular weight excluding hydrogens is 377 g/mol. The highest BCUT2D eigenvalue weighted by molar-refractivity contribution is 8.00. The van der Waals surface area contributed by atoms with Crippen LogP contribution in [-0.2, 0) is 25.7 Å². The predicted molar refractivity (Wildman–Crippen MR) is 103 cm³/mol. The third-order valence-corrected chi connectivity index (χ3v) is 6.92. The van der Waals surface area contributed by atoms with Crippen LogP contribution in [0, 0.1) is 5.82 Å². The van der Waals surface area contributed by atoms with Crippen molar-refractivity contribution in [2.45, 2.75) is 30.6 Å². The molecule has 1 aromatic rings. The second-order valence-corrected chi connectivity index (χ2v) is 10.0. The molecule has 6 nitrogen and oxygen atoms in total. The Morgan fingerprint density at radius 1 is 1.42 bits per heavy atom. The van der Waals surface area contributed by atoms with Crippen LogP contribution in [0.3, 0.4) is 0 Å². The molecule has 0 aromatic heterocycles. The average molecular weight is 402 g/mol. The van der Waals surface area contributed by atoms with Gasteiger partial charge < -0.3 is 11.1 Å². The van der Waals surface area contributed by atoms with Gasteiger partial charge in [-0.05, 0) is 37.4 Å². The second kappa shape index (κ2) is 9.48. The Hall–Kier alpha value is -1.45. The first kappa shape index (κ1) is 20.9. The molecule has 0 spiro atoms. The summed E-state index contributed by atoms with van der Waals surface area (Å²) >= 11 is 1.29. The van der Waals surface area contributed by atoms with Crippen molar-refractivity contribution >= 4 is 33.3 Å². The molecule has 1 aliphatic heterocycles. The summed E-state index contributed by atoms with van der Waals surface area (Å²) in [4.78, 5) is 24.5. The van der Waals surface area contributed by atoms with E-state index in [1.54, 1.807) is 18.2 Å². The van der Waals surface area contributed by atoms with E-state index in [1.807, 2.05) is 0 Å². The fraction of sp³-hybridized carbons (Fsp3) is 0.529. The Labute approximate surface area is 157 Å². The summed E-state index contributed by atoms with van der Waals surface area (Å²) in [6.45, 7) is 0.502. The Bertz CT molecular complexity index is 778.